The lowest BCUT2D eigenvalue weighted by molar-refractivity contribution is -0.116. The lowest BCUT2D eigenvalue weighted by Gasteiger charge is -2.28. The van der Waals surface area contributed by atoms with Gasteiger partial charge in [0.15, 0.2) is 0 Å². The van der Waals surface area contributed by atoms with Gasteiger partial charge in [-0.3, -0.25) is 9.78 Å². The molecule has 0 radical (unpaired) electrons. The van der Waals surface area contributed by atoms with Gasteiger partial charge in [-0.05, 0) is 38.0 Å². The van der Waals surface area contributed by atoms with Crippen LogP contribution in [-0.2, 0) is 10.2 Å². The average Bonchev–Trinajstić information content (AvgIpc) is 2.88. The molecule has 0 spiro atoms. The van der Waals surface area contributed by atoms with Crippen molar-refractivity contribution in [2.24, 2.45) is 0 Å². The summed E-state index contributed by atoms with van der Waals surface area (Å²) in [7, 11) is 0. The zero-order valence-corrected chi connectivity index (χ0v) is 10.9. The Kier molecular flexibility index (Phi) is 4.13. The summed E-state index contributed by atoms with van der Waals surface area (Å²) >= 11 is 0. The number of rotatable bonds is 4. The summed E-state index contributed by atoms with van der Waals surface area (Å²) < 4.78 is 0. The molecule has 1 aliphatic rings. The molecule has 1 amide bonds. The van der Waals surface area contributed by atoms with Crippen LogP contribution in [-0.4, -0.2) is 17.4 Å². The zero-order valence-electron chi connectivity index (χ0n) is 10.9. The predicted octanol–water partition coefficient (Wildman–Crippen LogP) is 2.59. The quantitative estimate of drug-likeness (QED) is 0.827. The molecule has 96 valence electrons. The molecule has 1 heterocycles. The van der Waals surface area contributed by atoms with Gasteiger partial charge >= 0.3 is 0 Å². The molecule has 0 bridgehead atoms. The fourth-order valence-electron chi connectivity index (χ4n) is 2.72. The van der Waals surface area contributed by atoms with Crippen molar-refractivity contribution < 1.29 is 4.79 Å². The average molecular weight is 244 g/mol. The Balaban J connectivity index is 2.11. The van der Waals surface area contributed by atoms with E-state index in [1.165, 1.54) is 12.8 Å². The van der Waals surface area contributed by atoms with Gasteiger partial charge < -0.3 is 5.32 Å². The van der Waals surface area contributed by atoms with Crippen LogP contribution in [0.15, 0.2) is 36.5 Å². The molecular weight excluding hydrogens is 224 g/mol. The maximum absolute atomic E-state index is 11.6. The summed E-state index contributed by atoms with van der Waals surface area (Å²) in [5, 5.41) is 3.00. The molecule has 18 heavy (non-hydrogen) atoms. The predicted molar refractivity (Wildman–Crippen MR) is 72.2 cm³/mol. The minimum atomic E-state index is -0.0142. The van der Waals surface area contributed by atoms with Gasteiger partial charge in [0, 0.05) is 23.9 Å². The van der Waals surface area contributed by atoms with Crippen LogP contribution < -0.4 is 5.32 Å². The van der Waals surface area contributed by atoms with E-state index in [0.717, 1.165) is 18.5 Å². The third kappa shape index (κ3) is 2.78. The molecule has 0 aromatic carbocycles. The lowest BCUT2D eigenvalue weighted by Crippen LogP contribution is -2.38. The first kappa shape index (κ1) is 12.8. The monoisotopic (exact) mass is 244 g/mol. The first-order valence-corrected chi connectivity index (χ1v) is 6.59. The lowest BCUT2D eigenvalue weighted by atomic mass is 9.82. The van der Waals surface area contributed by atoms with Crippen LogP contribution in [0.1, 0.15) is 38.3 Å². The number of hydrogen-bond donors (Lipinski definition) is 1. The summed E-state index contributed by atoms with van der Waals surface area (Å²) in [6, 6.07) is 6.04. The number of nitrogens with zero attached hydrogens (tertiary/aromatic N) is 1. The normalized spacial score (nSPS) is 18.1. The van der Waals surface area contributed by atoms with Crippen LogP contribution in [0, 0.1) is 0 Å². The van der Waals surface area contributed by atoms with E-state index < -0.39 is 0 Å². The standard InChI is InChI=1S/C15H20N2O/c1-2-7-14(18)17-12-15(9-4-5-10-15)13-8-3-6-11-16-13/h2-3,6-8,11H,4-5,9-10,12H2,1H3,(H,17,18)/b7-2+. The van der Waals surface area contributed by atoms with Crippen molar-refractivity contribution >= 4 is 5.91 Å². The minimum absolute atomic E-state index is 0.0142. The third-order valence-electron chi connectivity index (χ3n) is 3.69. The van der Waals surface area contributed by atoms with Crippen molar-refractivity contribution in [3.8, 4) is 0 Å². The maximum Gasteiger partial charge on any atom is 0.243 e. The second kappa shape index (κ2) is 5.80. The minimum Gasteiger partial charge on any atom is -0.352 e. The molecule has 1 fully saturated rings. The van der Waals surface area contributed by atoms with Crippen LogP contribution in [0.2, 0.25) is 0 Å². The molecule has 0 unspecified atom stereocenters. The Morgan fingerprint density at radius 2 is 2.22 bits per heavy atom. The number of allylic oxidation sites excluding steroid dienone is 1. The molecule has 0 saturated heterocycles. The van der Waals surface area contributed by atoms with Crippen molar-refractivity contribution in [2.45, 2.75) is 38.0 Å². The van der Waals surface area contributed by atoms with Crippen LogP contribution in [0.4, 0.5) is 0 Å². The Labute approximate surface area is 108 Å². The highest BCUT2D eigenvalue weighted by molar-refractivity contribution is 5.87. The second-order valence-electron chi connectivity index (χ2n) is 4.92. The van der Waals surface area contributed by atoms with Crippen LogP contribution in [0.3, 0.4) is 0 Å². The van der Waals surface area contributed by atoms with Gasteiger partial charge in [-0.2, -0.15) is 0 Å². The number of amides is 1. The van der Waals surface area contributed by atoms with Gasteiger partial charge in [0.2, 0.25) is 5.91 Å². The second-order valence-corrected chi connectivity index (χ2v) is 4.92. The van der Waals surface area contributed by atoms with Crippen LogP contribution in [0.25, 0.3) is 0 Å². The highest BCUT2D eigenvalue weighted by atomic mass is 16.1. The molecule has 0 aliphatic heterocycles. The molecule has 3 nitrogen and oxygen atoms in total. The smallest absolute Gasteiger partial charge is 0.243 e. The van der Waals surface area contributed by atoms with Crippen molar-refractivity contribution in [1.82, 2.24) is 10.3 Å². The number of aromatic nitrogens is 1. The van der Waals surface area contributed by atoms with Crippen molar-refractivity contribution in [2.75, 3.05) is 6.54 Å². The summed E-state index contributed by atoms with van der Waals surface area (Å²) in [4.78, 5) is 16.0. The summed E-state index contributed by atoms with van der Waals surface area (Å²) in [5.74, 6) is -0.0142. The number of pyridine rings is 1. The fourth-order valence-corrected chi connectivity index (χ4v) is 2.72. The van der Waals surface area contributed by atoms with E-state index in [-0.39, 0.29) is 11.3 Å². The Morgan fingerprint density at radius 1 is 1.44 bits per heavy atom. The van der Waals surface area contributed by atoms with E-state index in [9.17, 15) is 4.79 Å². The number of carbonyl (C=O) groups is 1. The summed E-state index contributed by atoms with van der Waals surface area (Å²) in [5.41, 5.74) is 1.15. The van der Waals surface area contributed by atoms with Crippen LogP contribution in [0.5, 0.6) is 0 Å². The fraction of sp³-hybridized carbons (Fsp3) is 0.467. The maximum atomic E-state index is 11.6. The first-order chi connectivity index (χ1) is 8.77. The molecule has 1 aromatic heterocycles. The number of carbonyl (C=O) groups excluding carboxylic acids is 1. The highest BCUT2D eigenvalue weighted by Crippen LogP contribution is 2.39. The largest absolute Gasteiger partial charge is 0.352 e. The molecule has 1 N–H and O–H groups in total. The number of nitrogens with one attached hydrogen (secondary N) is 1. The van der Waals surface area contributed by atoms with Crippen LogP contribution >= 0.6 is 0 Å². The summed E-state index contributed by atoms with van der Waals surface area (Å²) in [6.45, 7) is 2.54. The van der Waals surface area contributed by atoms with Gasteiger partial charge in [-0.15, -0.1) is 0 Å². The van der Waals surface area contributed by atoms with Gasteiger partial charge in [0.1, 0.15) is 0 Å². The van der Waals surface area contributed by atoms with E-state index in [0.29, 0.717) is 6.54 Å². The molecule has 0 atom stereocenters. The summed E-state index contributed by atoms with van der Waals surface area (Å²) in [6.07, 6.45) is 9.83. The van der Waals surface area contributed by atoms with Gasteiger partial charge in [-0.1, -0.05) is 25.0 Å². The highest BCUT2D eigenvalue weighted by Gasteiger charge is 2.36. The molecule has 1 saturated carbocycles. The van der Waals surface area contributed by atoms with Crippen molar-refractivity contribution in [3.63, 3.8) is 0 Å². The topological polar surface area (TPSA) is 42.0 Å². The van der Waals surface area contributed by atoms with E-state index in [4.69, 9.17) is 0 Å². The Bertz CT molecular complexity index is 419. The molecular formula is C15H20N2O. The Hall–Kier alpha value is -1.64. The molecule has 2 rings (SSSR count). The van der Waals surface area contributed by atoms with E-state index >= 15 is 0 Å². The first-order valence-electron chi connectivity index (χ1n) is 6.59. The van der Waals surface area contributed by atoms with Gasteiger partial charge in [0.25, 0.3) is 0 Å². The van der Waals surface area contributed by atoms with E-state index in [1.807, 2.05) is 25.3 Å². The zero-order chi connectivity index (χ0) is 12.8. The Morgan fingerprint density at radius 3 is 2.83 bits per heavy atom. The van der Waals surface area contributed by atoms with Gasteiger partial charge in [-0.25, -0.2) is 0 Å². The molecule has 1 aliphatic carbocycles. The SMILES string of the molecule is C/C=C/C(=O)NCC1(c2ccccn2)CCCC1. The third-order valence-corrected chi connectivity index (χ3v) is 3.69. The van der Waals surface area contributed by atoms with E-state index in [2.05, 4.69) is 16.4 Å². The van der Waals surface area contributed by atoms with E-state index in [1.54, 1.807) is 12.2 Å². The van der Waals surface area contributed by atoms with Gasteiger partial charge in [0.05, 0.1) is 0 Å². The molecule has 1 aromatic rings. The van der Waals surface area contributed by atoms with Crippen molar-refractivity contribution in [1.29, 1.82) is 0 Å². The van der Waals surface area contributed by atoms with Crippen molar-refractivity contribution in [3.05, 3.63) is 42.2 Å². The number of hydrogen-bond acceptors (Lipinski definition) is 2. The molecule has 3 heteroatoms.